The molecule has 4 heterocycles. The van der Waals surface area contributed by atoms with Gasteiger partial charge in [0.25, 0.3) is 5.82 Å². The van der Waals surface area contributed by atoms with Crippen LogP contribution in [0.5, 0.6) is 0 Å². The molecular formula is C14H20N5O5+. The van der Waals surface area contributed by atoms with Gasteiger partial charge in [0.05, 0.1) is 19.3 Å². The molecule has 10 heteroatoms. The fourth-order valence-electron chi connectivity index (χ4n) is 3.29. The van der Waals surface area contributed by atoms with E-state index in [2.05, 4.69) is 15.3 Å². The van der Waals surface area contributed by atoms with Crippen LogP contribution >= 0.6 is 0 Å². The number of nitrogens with zero attached hydrogens (tertiary/aromatic N) is 4. The number of ether oxygens (including phenoxy) is 1. The van der Waals surface area contributed by atoms with Crippen LogP contribution in [0, 0.1) is 0 Å². The third kappa shape index (κ3) is 2.34. The van der Waals surface area contributed by atoms with Crippen molar-refractivity contribution in [2.45, 2.75) is 43.5 Å². The summed E-state index contributed by atoms with van der Waals surface area (Å²) in [6, 6.07) is -0.468. The minimum atomic E-state index is -0.739. The fraction of sp³-hybridized carbons (Fsp3) is 0.643. The van der Waals surface area contributed by atoms with Crippen LogP contribution in [0.1, 0.15) is 12.6 Å². The molecule has 0 saturated carbocycles. The van der Waals surface area contributed by atoms with Crippen molar-refractivity contribution in [2.24, 2.45) is 0 Å². The van der Waals surface area contributed by atoms with E-state index in [-0.39, 0.29) is 13.2 Å². The van der Waals surface area contributed by atoms with Crippen LogP contribution in [0.3, 0.4) is 0 Å². The lowest BCUT2D eigenvalue weighted by molar-refractivity contribution is -0.696. The van der Waals surface area contributed by atoms with E-state index in [4.69, 9.17) is 4.74 Å². The summed E-state index contributed by atoms with van der Waals surface area (Å²) in [4.78, 5) is 8.76. The number of imidazole rings is 1. The van der Waals surface area contributed by atoms with E-state index >= 15 is 0 Å². The predicted molar refractivity (Wildman–Crippen MR) is 79.8 cm³/mol. The van der Waals surface area contributed by atoms with Gasteiger partial charge in [0.2, 0.25) is 12.0 Å². The van der Waals surface area contributed by atoms with Gasteiger partial charge in [-0.05, 0) is 0 Å². The van der Waals surface area contributed by atoms with E-state index in [9.17, 15) is 20.4 Å². The molecule has 130 valence electrons. The van der Waals surface area contributed by atoms with Crippen LogP contribution in [0.15, 0.2) is 12.7 Å². The molecule has 0 aromatic carbocycles. The molecule has 0 amide bonds. The molecule has 2 aliphatic heterocycles. The SMILES string of the molecule is OCC1Nc2c3ncn([C@H]4C[C@H](O)[C@@H](CO)O4)c3nc[n+]2CC1O. The Hall–Kier alpha value is -1.85. The van der Waals surface area contributed by atoms with Crippen molar-refractivity contribution in [1.29, 1.82) is 0 Å². The number of hydrogen-bond donors (Lipinski definition) is 5. The van der Waals surface area contributed by atoms with Crippen molar-refractivity contribution in [3.63, 3.8) is 0 Å². The molecule has 2 aliphatic rings. The minimum Gasteiger partial charge on any atom is -0.394 e. The number of rotatable bonds is 3. The van der Waals surface area contributed by atoms with Gasteiger partial charge in [-0.15, -0.1) is 0 Å². The van der Waals surface area contributed by atoms with Crippen molar-refractivity contribution in [3.8, 4) is 0 Å². The fourth-order valence-corrected chi connectivity index (χ4v) is 3.29. The van der Waals surface area contributed by atoms with E-state index in [1.165, 1.54) is 0 Å². The Bertz CT molecular complexity index is 752. The number of aliphatic hydroxyl groups excluding tert-OH is 4. The van der Waals surface area contributed by atoms with E-state index in [0.29, 0.717) is 29.9 Å². The molecule has 1 fully saturated rings. The van der Waals surface area contributed by atoms with E-state index in [0.717, 1.165) is 0 Å². The first kappa shape index (κ1) is 15.7. The number of fused-ring (bicyclic) bond motifs is 3. The highest BCUT2D eigenvalue weighted by molar-refractivity contribution is 5.81. The molecule has 0 aliphatic carbocycles. The highest BCUT2D eigenvalue weighted by atomic mass is 16.5. The molecule has 5 N–H and O–H groups in total. The lowest BCUT2D eigenvalue weighted by atomic mass is 10.1. The largest absolute Gasteiger partial charge is 0.394 e. The molecule has 24 heavy (non-hydrogen) atoms. The molecule has 5 atom stereocenters. The van der Waals surface area contributed by atoms with Crippen molar-refractivity contribution in [1.82, 2.24) is 14.5 Å². The number of nitrogens with one attached hydrogen (secondary N) is 1. The molecule has 1 saturated heterocycles. The number of hydrogen-bond acceptors (Lipinski definition) is 8. The predicted octanol–water partition coefficient (Wildman–Crippen LogP) is -2.49. The highest BCUT2D eigenvalue weighted by Gasteiger charge is 2.37. The number of aromatic nitrogens is 4. The van der Waals surface area contributed by atoms with Crippen LogP contribution in [-0.4, -0.2) is 72.5 Å². The third-order valence-electron chi connectivity index (χ3n) is 4.66. The van der Waals surface area contributed by atoms with Crippen LogP contribution < -0.4 is 9.88 Å². The van der Waals surface area contributed by atoms with Gasteiger partial charge in [-0.1, -0.05) is 4.98 Å². The van der Waals surface area contributed by atoms with Crippen LogP contribution in [0.2, 0.25) is 0 Å². The Labute approximate surface area is 137 Å². The first-order valence-electron chi connectivity index (χ1n) is 7.87. The summed E-state index contributed by atoms with van der Waals surface area (Å²) in [5.74, 6) is 0.667. The third-order valence-corrected chi connectivity index (χ3v) is 4.66. The molecular weight excluding hydrogens is 318 g/mol. The molecule has 10 nitrogen and oxygen atoms in total. The Kier molecular flexibility index (Phi) is 3.85. The van der Waals surface area contributed by atoms with Gasteiger partial charge in [-0.3, -0.25) is 9.88 Å². The maximum Gasteiger partial charge on any atom is 0.253 e. The Morgan fingerprint density at radius 3 is 2.79 bits per heavy atom. The summed E-state index contributed by atoms with van der Waals surface area (Å²) in [5, 5.41) is 41.6. The number of anilines is 1. The molecule has 2 aromatic heterocycles. The topological polar surface area (TPSA) is 137 Å². The van der Waals surface area contributed by atoms with Gasteiger partial charge in [-0.25, -0.2) is 9.55 Å². The lowest BCUT2D eigenvalue weighted by Crippen LogP contribution is -2.56. The van der Waals surface area contributed by atoms with E-state index < -0.39 is 30.6 Å². The van der Waals surface area contributed by atoms with Crippen molar-refractivity contribution < 1.29 is 29.7 Å². The monoisotopic (exact) mass is 338 g/mol. The molecule has 0 spiro atoms. The second-order valence-electron chi connectivity index (χ2n) is 6.19. The summed E-state index contributed by atoms with van der Waals surface area (Å²) < 4.78 is 9.12. The minimum absolute atomic E-state index is 0.193. The van der Waals surface area contributed by atoms with Gasteiger partial charge < -0.3 is 25.2 Å². The van der Waals surface area contributed by atoms with E-state index in [1.54, 1.807) is 21.8 Å². The summed E-state index contributed by atoms with van der Waals surface area (Å²) in [7, 11) is 0. The Balaban J connectivity index is 1.72. The Morgan fingerprint density at radius 2 is 2.08 bits per heavy atom. The first-order chi connectivity index (χ1) is 11.6. The average Bonchev–Trinajstić information content (AvgIpc) is 3.17. The summed E-state index contributed by atoms with van der Waals surface area (Å²) in [5.41, 5.74) is 1.16. The Morgan fingerprint density at radius 1 is 1.25 bits per heavy atom. The summed E-state index contributed by atoms with van der Waals surface area (Å²) >= 11 is 0. The second-order valence-corrected chi connectivity index (χ2v) is 6.19. The zero-order valence-electron chi connectivity index (χ0n) is 12.9. The maximum atomic E-state index is 9.98. The normalized spacial score (nSPS) is 32.8. The van der Waals surface area contributed by atoms with Gasteiger partial charge in [-0.2, -0.15) is 0 Å². The number of aliphatic hydroxyl groups is 4. The first-order valence-corrected chi connectivity index (χ1v) is 7.87. The summed E-state index contributed by atoms with van der Waals surface area (Å²) in [6.45, 7) is -0.128. The van der Waals surface area contributed by atoms with Crippen molar-refractivity contribution >= 4 is 17.0 Å². The van der Waals surface area contributed by atoms with Gasteiger partial charge >= 0.3 is 0 Å². The molecule has 0 bridgehead atoms. The zero-order chi connectivity index (χ0) is 16.8. The zero-order valence-corrected chi connectivity index (χ0v) is 12.9. The van der Waals surface area contributed by atoms with Gasteiger partial charge in [0.1, 0.15) is 37.3 Å². The molecule has 4 rings (SSSR count). The molecule has 2 aromatic rings. The molecule has 0 radical (unpaired) electrons. The van der Waals surface area contributed by atoms with Gasteiger partial charge in [0, 0.05) is 6.42 Å². The van der Waals surface area contributed by atoms with E-state index in [1.807, 2.05) is 0 Å². The smallest absolute Gasteiger partial charge is 0.253 e. The van der Waals surface area contributed by atoms with Crippen LogP contribution in [0.25, 0.3) is 11.2 Å². The van der Waals surface area contributed by atoms with Crippen LogP contribution in [-0.2, 0) is 11.3 Å². The second kappa shape index (κ2) is 5.90. The average molecular weight is 338 g/mol. The summed E-state index contributed by atoms with van der Waals surface area (Å²) in [6.07, 6.45) is 0.981. The van der Waals surface area contributed by atoms with Gasteiger partial charge in [0.15, 0.2) is 5.52 Å². The standard InChI is InChI=1S/C14H19N5O5/c20-3-7-9(23)2-18-5-16-13-12(14(18)17-7)15-6-19(13)11-1-8(22)10(4-21)24-11/h5-11,20-23H,1-4H2/p+1/t7?,8-,9?,10+,11+/m0/s1. The van der Waals surface area contributed by atoms with Crippen molar-refractivity contribution in [3.05, 3.63) is 12.7 Å². The van der Waals surface area contributed by atoms with Crippen molar-refractivity contribution in [2.75, 3.05) is 18.5 Å². The maximum absolute atomic E-state index is 9.98. The quantitative estimate of drug-likeness (QED) is 0.388. The molecule has 2 unspecified atom stereocenters. The van der Waals surface area contributed by atoms with Crippen LogP contribution in [0.4, 0.5) is 5.82 Å². The highest BCUT2D eigenvalue weighted by Crippen LogP contribution is 2.31. The lowest BCUT2D eigenvalue weighted by Gasteiger charge is -2.26.